The van der Waals surface area contributed by atoms with Crippen molar-refractivity contribution in [2.24, 2.45) is 5.73 Å². The second-order valence-corrected chi connectivity index (χ2v) is 7.22. The third-order valence-electron chi connectivity index (χ3n) is 5.17. The monoisotopic (exact) mass is 416 g/mol. The fourth-order valence-electron chi connectivity index (χ4n) is 3.70. The van der Waals surface area contributed by atoms with Crippen molar-refractivity contribution in [1.29, 1.82) is 0 Å². The van der Waals surface area contributed by atoms with E-state index < -0.39 is 6.04 Å². The van der Waals surface area contributed by atoms with Gasteiger partial charge in [0, 0.05) is 6.54 Å². The molecular weight excluding hydrogens is 392 g/mol. The van der Waals surface area contributed by atoms with E-state index in [4.69, 9.17) is 15.2 Å². The highest BCUT2D eigenvalue weighted by Gasteiger charge is 2.42. The number of carbonyl (C=O) groups is 2. The van der Waals surface area contributed by atoms with E-state index >= 15 is 0 Å². The highest BCUT2D eigenvalue weighted by molar-refractivity contribution is 6.22. The molecule has 31 heavy (non-hydrogen) atoms. The first-order valence-corrected chi connectivity index (χ1v) is 10.2. The highest BCUT2D eigenvalue weighted by atomic mass is 16.5. The normalized spacial score (nSPS) is 13.9. The molecule has 0 radical (unpaired) electrons. The lowest BCUT2D eigenvalue weighted by Gasteiger charge is -2.26. The van der Waals surface area contributed by atoms with Crippen LogP contribution in [0.15, 0.2) is 78.9 Å². The maximum atomic E-state index is 13.4. The first-order chi connectivity index (χ1) is 15.2. The quantitative estimate of drug-likeness (QED) is 0.539. The fraction of sp³-hybridized carbons (Fsp3) is 0.200. The predicted molar refractivity (Wildman–Crippen MR) is 117 cm³/mol. The summed E-state index contributed by atoms with van der Waals surface area (Å²) >= 11 is 0. The van der Waals surface area contributed by atoms with E-state index in [1.54, 1.807) is 18.2 Å². The van der Waals surface area contributed by atoms with Gasteiger partial charge in [-0.15, -0.1) is 0 Å². The van der Waals surface area contributed by atoms with Crippen molar-refractivity contribution in [3.63, 3.8) is 0 Å². The maximum absolute atomic E-state index is 13.4. The summed E-state index contributed by atoms with van der Waals surface area (Å²) in [6, 6.07) is 23.7. The molecule has 0 aliphatic carbocycles. The SMILES string of the molecule is NCCOc1cccc2c1C(=O)N([C@H](COCc1ccccc1)c1ccccc1)C2=O. The van der Waals surface area contributed by atoms with Crippen LogP contribution in [-0.4, -0.2) is 36.5 Å². The van der Waals surface area contributed by atoms with Crippen LogP contribution >= 0.6 is 0 Å². The fourth-order valence-corrected chi connectivity index (χ4v) is 3.70. The van der Waals surface area contributed by atoms with Crippen molar-refractivity contribution in [1.82, 2.24) is 4.90 Å². The van der Waals surface area contributed by atoms with E-state index in [0.717, 1.165) is 11.1 Å². The van der Waals surface area contributed by atoms with Gasteiger partial charge in [0.2, 0.25) is 0 Å². The topological polar surface area (TPSA) is 81.9 Å². The molecule has 4 rings (SSSR count). The molecule has 0 saturated carbocycles. The molecule has 1 aliphatic heterocycles. The number of nitrogens with zero attached hydrogens (tertiary/aromatic N) is 1. The summed E-state index contributed by atoms with van der Waals surface area (Å²) in [4.78, 5) is 27.9. The maximum Gasteiger partial charge on any atom is 0.265 e. The summed E-state index contributed by atoms with van der Waals surface area (Å²) in [5, 5.41) is 0. The van der Waals surface area contributed by atoms with Gasteiger partial charge in [-0.05, 0) is 23.3 Å². The summed E-state index contributed by atoms with van der Waals surface area (Å²) in [5.41, 5.74) is 8.00. The van der Waals surface area contributed by atoms with E-state index in [1.807, 2.05) is 60.7 Å². The minimum absolute atomic E-state index is 0.184. The summed E-state index contributed by atoms with van der Waals surface area (Å²) in [7, 11) is 0. The summed E-state index contributed by atoms with van der Waals surface area (Å²) in [6.07, 6.45) is 0. The minimum Gasteiger partial charge on any atom is -0.491 e. The van der Waals surface area contributed by atoms with Crippen molar-refractivity contribution in [3.05, 3.63) is 101 Å². The summed E-state index contributed by atoms with van der Waals surface area (Å²) in [6.45, 7) is 1.15. The Morgan fingerprint density at radius 2 is 1.55 bits per heavy atom. The second-order valence-electron chi connectivity index (χ2n) is 7.22. The molecule has 2 amide bonds. The Kier molecular flexibility index (Phi) is 6.40. The molecule has 2 N–H and O–H groups in total. The van der Waals surface area contributed by atoms with Crippen LogP contribution in [0.25, 0.3) is 0 Å². The summed E-state index contributed by atoms with van der Waals surface area (Å²) < 4.78 is 11.6. The Morgan fingerprint density at radius 3 is 2.26 bits per heavy atom. The van der Waals surface area contributed by atoms with Gasteiger partial charge in [-0.25, -0.2) is 0 Å². The van der Waals surface area contributed by atoms with E-state index in [-0.39, 0.29) is 30.6 Å². The average Bonchev–Trinajstić information content (AvgIpc) is 3.07. The number of imide groups is 1. The highest BCUT2D eigenvalue weighted by Crippen LogP contribution is 2.36. The Hall–Kier alpha value is -3.48. The molecule has 3 aromatic carbocycles. The largest absolute Gasteiger partial charge is 0.491 e. The van der Waals surface area contributed by atoms with Crippen molar-refractivity contribution in [2.45, 2.75) is 12.6 Å². The second kappa shape index (κ2) is 9.55. The van der Waals surface area contributed by atoms with Crippen molar-refractivity contribution >= 4 is 11.8 Å². The molecule has 0 aromatic heterocycles. The average molecular weight is 416 g/mol. The minimum atomic E-state index is -0.556. The van der Waals surface area contributed by atoms with Gasteiger partial charge in [0.1, 0.15) is 12.4 Å². The zero-order valence-corrected chi connectivity index (χ0v) is 17.1. The Bertz CT molecular complexity index is 1050. The molecule has 3 aromatic rings. The molecule has 0 saturated heterocycles. The lowest BCUT2D eigenvalue weighted by molar-refractivity contribution is 0.0358. The lowest BCUT2D eigenvalue weighted by Crippen LogP contribution is -2.36. The molecular formula is C25H24N2O4. The zero-order chi connectivity index (χ0) is 21.6. The van der Waals surface area contributed by atoms with Crippen LogP contribution in [0.3, 0.4) is 0 Å². The van der Waals surface area contributed by atoms with Crippen molar-refractivity contribution < 1.29 is 19.1 Å². The number of rotatable bonds is 9. The molecule has 0 fully saturated rings. The van der Waals surface area contributed by atoms with E-state index in [9.17, 15) is 9.59 Å². The van der Waals surface area contributed by atoms with Gasteiger partial charge >= 0.3 is 0 Å². The number of nitrogens with two attached hydrogens (primary N) is 1. The van der Waals surface area contributed by atoms with Gasteiger partial charge in [-0.2, -0.15) is 0 Å². The van der Waals surface area contributed by atoms with Crippen molar-refractivity contribution in [2.75, 3.05) is 19.8 Å². The van der Waals surface area contributed by atoms with Gasteiger partial charge in [-0.3, -0.25) is 14.5 Å². The van der Waals surface area contributed by atoms with Gasteiger partial charge in [0.05, 0.1) is 30.4 Å². The molecule has 1 atom stereocenters. The Labute approximate surface area is 181 Å². The van der Waals surface area contributed by atoms with Gasteiger partial charge in [-0.1, -0.05) is 66.7 Å². The van der Waals surface area contributed by atoms with Crippen LogP contribution in [0.1, 0.15) is 37.9 Å². The van der Waals surface area contributed by atoms with Crippen LogP contribution in [0, 0.1) is 0 Å². The first-order valence-electron chi connectivity index (χ1n) is 10.2. The van der Waals surface area contributed by atoms with Gasteiger partial charge < -0.3 is 15.2 Å². The standard InChI is InChI=1S/C25H24N2O4/c26-14-15-31-22-13-7-12-20-23(22)25(29)27(24(20)28)21(19-10-5-2-6-11-19)17-30-16-18-8-3-1-4-9-18/h1-13,21H,14-17,26H2/t21-/m1/s1. The smallest absolute Gasteiger partial charge is 0.265 e. The number of hydrogen-bond acceptors (Lipinski definition) is 5. The number of ether oxygens (including phenoxy) is 2. The molecule has 6 nitrogen and oxygen atoms in total. The summed E-state index contributed by atoms with van der Waals surface area (Å²) in [5.74, 6) is -0.360. The number of carbonyl (C=O) groups excluding carboxylic acids is 2. The van der Waals surface area contributed by atoms with E-state index in [0.29, 0.717) is 24.5 Å². The van der Waals surface area contributed by atoms with Crippen LogP contribution < -0.4 is 10.5 Å². The van der Waals surface area contributed by atoms with Crippen LogP contribution in [0.2, 0.25) is 0 Å². The number of fused-ring (bicyclic) bond motifs is 1. The van der Waals surface area contributed by atoms with Crippen LogP contribution in [0.5, 0.6) is 5.75 Å². The van der Waals surface area contributed by atoms with E-state index in [1.165, 1.54) is 4.90 Å². The third-order valence-corrected chi connectivity index (χ3v) is 5.17. The van der Waals surface area contributed by atoms with Crippen LogP contribution in [0.4, 0.5) is 0 Å². The Balaban J connectivity index is 1.62. The molecule has 0 bridgehead atoms. The molecule has 1 aliphatic rings. The number of benzene rings is 3. The molecule has 1 heterocycles. The predicted octanol–water partition coefficient (Wildman–Crippen LogP) is 3.58. The van der Waals surface area contributed by atoms with Crippen LogP contribution in [-0.2, 0) is 11.3 Å². The zero-order valence-electron chi connectivity index (χ0n) is 17.1. The molecule has 158 valence electrons. The number of amides is 2. The molecule has 0 spiro atoms. The van der Waals surface area contributed by atoms with Gasteiger partial charge in [0.15, 0.2) is 0 Å². The lowest BCUT2D eigenvalue weighted by atomic mass is 10.1. The Morgan fingerprint density at radius 1 is 0.839 bits per heavy atom. The van der Waals surface area contributed by atoms with E-state index in [2.05, 4.69) is 0 Å². The van der Waals surface area contributed by atoms with Gasteiger partial charge in [0.25, 0.3) is 11.8 Å². The molecule has 0 unspecified atom stereocenters. The first kappa shape index (κ1) is 20.8. The van der Waals surface area contributed by atoms with Crippen molar-refractivity contribution in [3.8, 4) is 5.75 Å². The number of hydrogen-bond donors (Lipinski definition) is 1. The third kappa shape index (κ3) is 4.35. The molecule has 6 heteroatoms.